The number of benzene rings is 1. The lowest BCUT2D eigenvalue weighted by atomic mass is 10.0. The normalized spacial score (nSPS) is 10.3. The van der Waals surface area contributed by atoms with Crippen molar-refractivity contribution in [2.24, 2.45) is 0 Å². The number of phenolic OH excluding ortho intramolecular Hbond substituents is 1. The van der Waals surface area contributed by atoms with E-state index >= 15 is 0 Å². The molecule has 5 heteroatoms. The molecule has 0 aliphatic carbocycles. The average molecular weight is 244 g/mol. The van der Waals surface area contributed by atoms with Gasteiger partial charge >= 0.3 is 5.69 Å². The topological polar surface area (TPSA) is 76.3 Å². The fraction of sp³-hybridized carbons (Fsp3) is 0.154. The van der Waals surface area contributed by atoms with Crippen molar-refractivity contribution in [1.82, 2.24) is 4.98 Å². The van der Waals surface area contributed by atoms with Crippen molar-refractivity contribution in [3.05, 3.63) is 51.8 Å². The predicted octanol–water partition coefficient (Wildman–Crippen LogP) is 2.98. The second-order valence-corrected chi connectivity index (χ2v) is 4.11. The average Bonchev–Trinajstić information content (AvgIpc) is 2.33. The van der Waals surface area contributed by atoms with Crippen molar-refractivity contribution in [3.8, 4) is 16.9 Å². The van der Waals surface area contributed by atoms with E-state index in [1.54, 1.807) is 12.3 Å². The van der Waals surface area contributed by atoms with Crippen LogP contribution in [0, 0.1) is 24.0 Å². The lowest BCUT2D eigenvalue weighted by Crippen LogP contribution is -1.92. The number of nitro groups is 1. The zero-order valence-electron chi connectivity index (χ0n) is 10.0. The molecule has 2 aromatic rings. The number of rotatable bonds is 2. The first-order chi connectivity index (χ1) is 8.49. The molecule has 1 N–H and O–H groups in total. The van der Waals surface area contributed by atoms with Crippen molar-refractivity contribution in [2.75, 3.05) is 0 Å². The van der Waals surface area contributed by atoms with Gasteiger partial charge in [-0.15, -0.1) is 0 Å². The maximum Gasteiger partial charge on any atom is 0.311 e. The Balaban J connectivity index is 2.61. The summed E-state index contributed by atoms with van der Waals surface area (Å²) in [6.07, 6.45) is 1.74. The number of phenols is 1. The minimum atomic E-state index is -0.600. The highest BCUT2D eigenvalue weighted by molar-refractivity contribution is 5.70. The maximum atomic E-state index is 10.8. The van der Waals surface area contributed by atoms with E-state index in [0.29, 0.717) is 5.56 Å². The van der Waals surface area contributed by atoms with Crippen LogP contribution in [-0.2, 0) is 0 Å². The van der Waals surface area contributed by atoms with Gasteiger partial charge < -0.3 is 5.11 Å². The lowest BCUT2D eigenvalue weighted by Gasteiger charge is -2.07. The quantitative estimate of drug-likeness (QED) is 0.650. The van der Waals surface area contributed by atoms with E-state index in [0.717, 1.165) is 16.8 Å². The van der Waals surface area contributed by atoms with Crippen LogP contribution in [0.25, 0.3) is 11.1 Å². The number of hydrogen-bond donors (Lipinski definition) is 1. The molecule has 0 saturated carbocycles. The van der Waals surface area contributed by atoms with E-state index in [1.807, 2.05) is 19.9 Å². The molecule has 0 amide bonds. The second kappa shape index (κ2) is 4.44. The van der Waals surface area contributed by atoms with Crippen LogP contribution in [-0.4, -0.2) is 15.0 Å². The van der Waals surface area contributed by atoms with Gasteiger partial charge in [0.05, 0.1) is 4.92 Å². The largest absolute Gasteiger partial charge is 0.502 e. The fourth-order valence-corrected chi connectivity index (χ4v) is 1.77. The number of nitrogens with zero attached hydrogens (tertiary/aromatic N) is 2. The van der Waals surface area contributed by atoms with Crippen molar-refractivity contribution < 1.29 is 10.0 Å². The molecule has 0 fully saturated rings. The summed E-state index contributed by atoms with van der Waals surface area (Å²) in [6.45, 7) is 3.75. The molecule has 0 atom stereocenters. The molecule has 0 spiro atoms. The monoisotopic (exact) mass is 244 g/mol. The molecule has 0 saturated heterocycles. The summed E-state index contributed by atoms with van der Waals surface area (Å²) in [5.41, 5.74) is 2.98. The third-order valence-electron chi connectivity index (χ3n) is 2.71. The standard InChI is InChI=1S/C13H12N2O3/c1-8-5-11(9(2)14-7-8)10-3-4-13(16)12(6-10)15(17)18/h3-7,16H,1-2H3. The van der Waals surface area contributed by atoms with Crippen LogP contribution >= 0.6 is 0 Å². The van der Waals surface area contributed by atoms with E-state index in [-0.39, 0.29) is 11.4 Å². The van der Waals surface area contributed by atoms with E-state index in [9.17, 15) is 15.2 Å². The van der Waals surface area contributed by atoms with E-state index in [1.165, 1.54) is 12.1 Å². The van der Waals surface area contributed by atoms with Crippen molar-refractivity contribution in [3.63, 3.8) is 0 Å². The highest BCUT2D eigenvalue weighted by Crippen LogP contribution is 2.32. The van der Waals surface area contributed by atoms with Gasteiger partial charge in [-0.05, 0) is 37.1 Å². The molecule has 0 bridgehead atoms. The van der Waals surface area contributed by atoms with Crippen molar-refractivity contribution in [1.29, 1.82) is 0 Å². The minimum absolute atomic E-state index is 0.298. The zero-order valence-corrected chi connectivity index (χ0v) is 10.0. The summed E-state index contributed by atoms with van der Waals surface area (Å²) in [5, 5.41) is 20.2. The fourth-order valence-electron chi connectivity index (χ4n) is 1.77. The Hall–Kier alpha value is -2.43. The zero-order chi connectivity index (χ0) is 13.3. The van der Waals surface area contributed by atoms with E-state index < -0.39 is 4.92 Å². The molecule has 0 aliphatic rings. The highest BCUT2D eigenvalue weighted by Gasteiger charge is 2.15. The molecular formula is C13H12N2O3. The first kappa shape index (κ1) is 12.0. The Kier molecular flexibility index (Phi) is 2.97. The smallest absolute Gasteiger partial charge is 0.311 e. The summed E-state index contributed by atoms with van der Waals surface area (Å²) >= 11 is 0. The van der Waals surface area contributed by atoms with Gasteiger partial charge in [0.25, 0.3) is 0 Å². The number of nitro benzene ring substituents is 1. The van der Waals surface area contributed by atoms with Crippen molar-refractivity contribution in [2.45, 2.75) is 13.8 Å². The Morgan fingerprint density at radius 3 is 2.67 bits per heavy atom. The maximum absolute atomic E-state index is 10.8. The van der Waals surface area contributed by atoms with E-state index in [4.69, 9.17) is 0 Å². The molecule has 5 nitrogen and oxygen atoms in total. The molecule has 0 unspecified atom stereocenters. The summed E-state index contributed by atoms with van der Waals surface area (Å²) in [7, 11) is 0. The van der Waals surface area contributed by atoms with Gasteiger partial charge in [0, 0.05) is 23.5 Å². The molecule has 0 aliphatic heterocycles. The molecule has 0 radical (unpaired) electrons. The molecule has 1 aromatic carbocycles. The first-order valence-corrected chi connectivity index (χ1v) is 5.40. The number of aromatic nitrogens is 1. The number of aryl methyl sites for hydroxylation is 2. The highest BCUT2D eigenvalue weighted by atomic mass is 16.6. The predicted molar refractivity (Wildman–Crippen MR) is 67.5 cm³/mol. The SMILES string of the molecule is Cc1cnc(C)c(-c2ccc(O)c([N+](=O)[O-])c2)c1. The van der Waals surface area contributed by atoms with Crippen LogP contribution in [0.15, 0.2) is 30.5 Å². The van der Waals surface area contributed by atoms with Gasteiger partial charge in [-0.2, -0.15) is 0 Å². The van der Waals surface area contributed by atoms with Gasteiger partial charge in [0.2, 0.25) is 0 Å². The molecule has 18 heavy (non-hydrogen) atoms. The van der Waals surface area contributed by atoms with Gasteiger partial charge in [0.15, 0.2) is 5.75 Å². The Morgan fingerprint density at radius 2 is 2.00 bits per heavy atom. The van der Waals surface area contributed by atoms with Crippen LogP contribution in [0.3, 0.4) is 0 Å². The van der Waals surface area contributed by atoms with Crippen molar-refractivity contribution >= 4 is 5.69 Å². The molecule has 2 rings (SSSR count). The Bertz CT molecular complexity index is 624. The van der Waals surface area contributed by atoms with Gasteiger partial charge in [-0.1, -0.05) is 6.07 Å². The first-order valence-electron chi connectivity index (χ1n) is 5.40. The van der Waals surface area contributed by atoms with Gasteiger partial charge in [-0.3, -0.25) is 15.1 Å². The molecular weight excluding hydrogens is 232 g/mol. The number of aromatic hydroxyl groups is 1. The van der Waals surface area contributed by atoms with Crippen LogP contribution in [0.5, 0.6) is 5.75 Å². The van der Waals surface area contributed by atoms with E-state index in [2.05, 4.69) is 4.98 Å². The lowest BCUT2D eigenvalue weighted by molar-refractivity contribution is -0.385. The van der Waals surface area contributed by atoms with Gasteiger partial charge in [0.1, 0.15) is 0 Å². The van der Waals surface area contributed by atoms with Gasteiger partial charge in [-0.25, -0.2) is 0 Å². The molecule has 92 valence electrons. The number of hydrogen-bond acceptors (Lipinski definition) is 4. The Morgan fingerprint density at radius 1 is 1.28 bits per heavy atom. The Labute approximate surface area is 104 Å². The van der Waals surface area contributed by atoms with Crippen LogP contribution in [0.2, 0.25) is 0 Å². The third-order valence-corrected chi connectivity index (χ3v) is 2.71. The van der Waals surface area contributed by atoms with Crippen LogP contribution in [0.1, 0.15) is 11.3 Å². The summed E-state index contributed by atoms with van der Waals surface area (Å²) < 4.78 is 0. The summed E-state index contributed by atoms with van der Waals surface area (Å²) in [6, 6.07) is 6.25. The molecule has 1 aromatic heterocycles. The summed E-state index contributed by atoms with van der Waals surface area (Å²) in [4.78, 5) is 14.4. The van der Waals surface area contributed by atoms with Crippen LogP contribution < -0.4 is 0 Å². The minimum Gasteiger partial charge on any atom is -0.502 e. The van der Waals surface area contributed by atoms with Crippen LogP contribution in [0.4, 0.5) is 5.69 Å². The number of pyridine rings is 1. The summed E-state index contributed by atoms with van der Waals surface area (Å²) in [5.74, 6) is -0.331. The third kappa shape index (κ3) is 2.15. The molecule has 1 heterocycles. The second-order valence-electron chi connectivity index (χ2n) is 4.11.